The maximum absolute atomic E-state index is 12.9. The average molecular weight is 395 g/mol. The Balaban J connectivity index is 2.28. The van der Waals surface area contributed by atoms with Crippen molar-refractivity contribution in [3.63, 3.8) is 0 Å². The largest absolute Gasteiger partial charge is 0.316 e. The van der Waals surface area contributed by atoms with Gasteiger partial charge in [-0.05, 0) is 34.5 Å². The van der Waals surface area contributed by atoms with Gasteiger partial charge in [0.25, 0.3) is 5.56 Å². The van der Waals surface area contributed by atoms with Crippen molar-refractivity contribution in [1.82, 2.24) is 8.54 Å². The van der Waals surface area contributed by atoms with Gasteiger partial charge in [-0.25, -0.2) is 12.4 Å². The summed E-state index contributed by atoms with van der Waals surface area (Å²) in [6, 6.07) is 10.6. The molecule has 0 unspecified atom stereocenters. The molecule has 0 saturated heterocycles. The summed E-state index contributed by atoms with van der Waals surface area (Å²) in [6.45, 7) is 1.69. The lowest BCUT2D eigenvalue weighted by Gasteiger charge is -2.10. The zero-order valence-corrected chi connectivity index (χ0v) is 15.1. The third kappa shape index (κ3) is 2.74. The van der Waals surface area contributed by atoms with Gasteiger partial charge in [-0.15, -0.1) is 0 Å². The predicted octanol–water partition coefficient (Wildman–Crippen LogP) is 2.79. The number of hydrogen-bond donors (Lipinski definition) is 0. The summed E-state index contributed by atoms with van der Waals surface area (Å²) in [5, 5.41) is 0.599. The second-order valence-electron chi connectivity index (χ2n) is 5.45. The summed E-state index contributed by atoms with van der Waals surface area (Å²) in [4.78, 5) is 12.5. The van der Waals surface area contributed by atoms with Crippen molar-refractivity contribution in [2.45, 2.75) is 12.7 Å². The Labute approximate surface area is 142 Å². The van der Waals surface area contributed by atoms with Crippen LogP contribution >= 0.6 is 15.9 Å². The van der Waals surface area contributed by atoms with E-state index in [1.165, 1.54) is 4.57 Å². The first-order valence-corrected chi connectivity index (χ1v) is 9.36. The van der Waals surface area contributed by atoms with E-state index in [2.05, 4.69) is 15.9 Å². The fourth-order valence-electron chi connectivity index (χ4n) is 2.68. The molecule has 120 valence electrons. The molecule has 0 saturated carbocycles. The molecule has 0 atom stereocenters. The van der Waals surface area contributed by atoms with Gasteiger partial charge in [-0.3, -0.25) is 4.79 Å². The van der Waals surface area contributed by atoms with E-state index in [0.29, 0.717) is 21.1 Å². The Morgan fingerprint density at radius 3 is 2.48 bits per heavy atom. The molecule has 0 amide bonds. The van der Waals surface area contributed by atoms with Gasteiger partial charge in [0.05, 0.1) is 5.75 Å². The second kappa shape index (κ2) is 5.65. The second-order valence-corrected chi connectivity index (χ2v) is 8.12. The first-order chi connectivity index (χ1) is 10.8. The number of aromatic nitrogens is 2. The van der Waals surface area contributed by atoms with Crippen LogP contribution in [-0.4, -0.2) is 17.0 Å². The molecule has 7 heteroatoms. The highest BCUT2D eigenvalue weighted by atomic mass is 79.9. The van der Waals surface area contributed by atoms with Crippen molar-refractivity contribution < 1.29 is 8.42 Å². The SMILES string of the molecule is Cc1cc2c(Br)cn(C)c(=O)c2n1S(=O)(=O)Cc1ccccc1. The van der Waals surface area contributed by atoms with Crippen molar-refractivity contribution in [1.29, 1.82) is 0 Å². The number of benzene rings is 1. The number of fused-ring (bicyclic) bond motifs is 1. The van der Waals surface area contributed by atoms with Crippen LogP contribution in [0.25, 0.3) is 10.9 Å². The molecule has 0 aliphatic carbocycles. The average Bonchev–Trinajstić information content (AvgIpc) is 2.84. The zero-order valence-electron chi connectivity index (χ0n) is 12.7. The molecule has 1 aromatic carbocycles. The van der Waals surface area contributed by atoms with Gasteiger partial charge in [-0.1, -0.05) is 30.3 Å². The molecule has 23 heavy (non-hydrogen) atoms. The van der Waals surface area contributed by atoms with Gasteiger partial charge >= 0.3 is 0 Å². The van der Waals surface area contributed by atoms with E-state index in [4.69, 9.17) is 0 Å². The number of rotatable bonds is 3. The van der Waals surface area contributed by atoms with E-state index in [9.17, 15) is 13.2 Å². The third-order valence-corrected chi connectivity index (χ3v) is 6.05. The van der Waals surface area contributed by atoms with Gasteiger partial charge < -0.3 is 4.57 Å². The summed E-state index contributed by atoms with van der Waals surface area (Å²) in [7, 11) is -2.10. The van der Waals surface area contributed by atoms with Crippen LogP contribution in [0.4, 0.5) is 0 Å². The van der Waals surface area contributed by atoms with E-state index < -0.39 is 10.0 Å². The van der Waals surface area contributed by atoms with Crippen LogP contribution in [0.2, 0.25) is 0 Å². The van der Waals surface area contributed by atoms with Crippen molar-refractivity contribution in [2.75, 3.05) is 0 Å². The molecule has 0 aliphatic rings. The minimum atomic E-state index is -3.70. The molecule has 2 heterocycles. The number of halogens is 1. The smallest absolute Gasteiger partial charge is 0.275 e. The van der Waals surface area contributed by atoms with Gasteiger partial charge in [0, 0.05) is 28.8 Å². The number of pyridine rings is 1. The Morgan fingerprint density at radius 1 is 1.17 bits per heavy atom. The lowest BCUT2D eigenvalue weighted by atomic mass is 10.2. The van der Waals surface area contributed by atoms with E-state index in [-0.39, 0.29) is 16.8 Å². The summed E-state index contributed by atoms with van der Waals surface area (Å²) in [5.74, 6) is -0.159. The summed E-state index contributed by atoms with van der Waals surface area (Å²) in [6.07, 6.45) is 1.64. The van der Waals surface area contributed by atoms with Gasteiger partial charge in [0.2, 0.25) is 10.0 Å². The molecule has 0 fully saturated rings. The zero-order chi connectivity index (χ0) is 16.8. The molecule has 0 aliphatic heterocycles. The molecular formula is C16H15BrN2O3S. The monoisotopic (exact) mass is 394 g/mol. The van der Waals surface area contributed by atoms with Crippen LogP contribution in [0, 0.1) is 6.92 Å². The van der Waals surface area contributed by atoms with Crippen molar-refractivity contribution in [2.24, 2.45) is 7.05 Å². The molecule has 5 nitrogen and oxygen atoms in total. The minimum Gasteiger partial charge on any atom is -0.316 e. The van der Waals surface area contributed by atoms with E-state index in [0.717, 1.165) is 3.97 Å². The van der Waals surface area contributed by atoms with E-state index in [1.54, 1.807) is 50.5 Å². The topological polar surface area (TPSA) is 61.1 Å². The van der Waals surface area contributed by atoms with Crippen LogP contribution in [0.15, 0.2) is 51.9 Å². The fourth-order valence-corrected chi connectivity index (χ4v) is 4.98. The fraction of sp³-hybridized carbons (Fsp3) is 0.188. The first kappa shape index (κ1) is 16.0. The van der Waals surface area contributed by atoms with E-state index in [1.807, 2.05) is 6.07 Å². The number of hydrogen-bond acceptors (Lipinski definition) is 3. The van der Waals surface area contributed by atoms with Crippen molar-refractivity contribution in [3.8, 4) is 0 Å². The summed E-state index contributed by atoms with van der Waals surface area (Å²) >= 11 is 3.40. The van der Waals surface area contributed by atoms with Crippen molar-refractivity contribution >= 4 is 36.9 Å². The molecule has 2 aromatic heterocycles. The molecule has 3 aromatic rings. The lowest BCUT2D eigenvalue weighted by molar-refractivity contribution is 0.587. The number of nitrogens with zero attached hydrogens (tertiary/aromatic N) is 2. The summed E-state index contributed by atoms with van der Waals surface area (Å²) < 4.78 is 29.0. The van der Waals surface area contributed by atoms with Crippen LogP contribution in [0.1, 0.15) is 11.3 Å². The Hall–Kier alpha value is -1.86. The standard InChI is InChI=1S/C16H15BrN2O3S/c1-11-8-13-14(17)9-18(2)16(20)15(13)19(11)23(21,22)10-12-6-4-3-5-7-12/h3-9H,10H2,1-2H3. The normalized spacial score (nSPS) is 12.0. The Morgan fingerprint density at radius 2 is 1.83 bits per heavy atom. The molecule has 0 spiro atoms. The molecule has 0 bridgehead atoms. The van der Waals surface area contributed by atoms with Gasteiger partial charge in [0.1, 0.15) is 5.52 Å². The van der Waals surface area contributed by atoms with Crippen LogP contribution in [-0.2, 0) is 22.8 Å². The predicted molar refractivity (Wildman–Crippen MR) is 94.1 cm³/mol. The molecule has 0 N–H and O–H groups in total. The number of aryl methyl sites for hydroxylation is 2. The molecule has 0 radical (unpaired) electrons. The van der Waals surface area contributed by atoms with Crippen molar-refractivity contribution in [3.05, 3.63) is 68.7 Å². The highest BCUT2D eigenvalue weighted by molar-refractivity contribution is 9.10. The quantitative estimate of drug-likeness (QED) is 0.685. The van der Waals surface area contributed by atoms with Crippen LogP contribution in [0.3, 0.4) is 0 Å². The Kier molecular flexibility index (Phi) is 3.93. The summed E-state index contributed by atoms with van der Waals surface area (Å²) in [5.41, 5.74) is 1.03. The molecular weight excluding hydrogens is 380 g/mol. The van der Waals surface area contributed by atoms with E-state index >= 15 is 0 Å². The highest BCUT2D eigenvalue weighted by Gasteiger charge is 2.23. The lowest BCUT2D eigenvalue weighted by Crippen LogP contribution is -2.24. The third-order valence-electron chi connectivity index (χ3n) is 3.69. The van der Waals surface area contributed by atoms with Gasteiger partial charge in [-0.2, -0.15) is 0 Å². The molecule has 3 rings (SSSR count). The minimum absolute atomic E-state index is 0.159. The van der Waals surface area contributed by atoms with Crippen LogP contribution < -0.4 is 5.56 Å². The van der Waals surface area contributed by atoms with Gasteiger partial charge in [0.15, 0.2) is 0 Å². The maximum Gasteiger partial charge on any atom is 0.275 e. The van der Waals surface area contributed by atoms with Crippen LogP contribution in [0.5, 0.6) is 0 Å². The highest BCUT2D eigenvalue weighted by Crippen LogP contribution is 2.26. The maximum atomic E-state index is 12.9. The Bertz CT molecular complexity index is 1050. The first-order valence-electron chi connectivity index (χ1n) is 6.95.